The molecule has 1 aromatic heterocycles. The quantitative estimate of drug-likeness (QED) is 0.788. The third-order valence-corrected chi connectivity index (χ3v) is 5.18. The highest BCUT2D eigenvalue weighted by Crippen LogP contribution is 2.40. The average molecular weight is 282 g/mol. The van der Waals surface area contributed by atoms with Gasteiger partial charge in [0.2, 0.25) is 0 Å². The molecule has 1 unspecified atom stereocenters. The molecule has 0 radical (unpaired) electrons. The first-order valence-corrected chi connectivity index (χ1v) is 7.78. The van der Waals surface area contributed by atoms with Crippen molar-refractivity contribution < 1.29 is 0 Å². The molecule has 0 bridgehead atoms. The number of benzene rings is 1. The molecule has 4 heteroatoms. The highest BCUT2D eigenvalue weighted by Gasteiger charge is 2.41. The molecule has 4 nitrogen and oxygen atoms in total. The number of nitrogens with one attached hydrogen (secondary N) is 1. The SMILES string of the molecule is Cc1cnc(N2CCC3(CCNC3)C2)c2cccc(N)c12. The number of aromatic nitrogens is 1. The van der Waals surface area contributed by atoms with E-state index < -0.39 is 0 Å². The van der Waals surface area contributed by atoms with Crippen LogP contribution in [0.15, 0.2) is 24.4 Å². The molecule has 3 heterocycles. The number of hydrogen-bond donors (Lipinski definition) is 2. The minimum Gasteiger partial charge on any atom is -0.398 e. The van der Waals surface area contributed by atoms with Gasteiger partial charge in [0.1, 0.15) is 5.82 Å². The van der Waals surface area contributed by atoms with Crippen molar-refractivity contribution in [3.8, 4) is 0 Å². The Morgan fingerprint density at radius 3 is 3.05 bits per heavy atom. The van der Waals surface area contributed by atoms with Crippen molar-refractivity contribution in [1.29, 1.82) is 0 Å². The predicted molar refractivity (Wildman–Crippen MR) is 87.6 cm³/mol. The lowest BCUT2D eigenvalue weighted by Gasteiger charge is -2.24. The summed E-state index contributed by atoms with van der Waals surface area (Å²) < 4.78 is 0. The van der Waals surface area contributed by atoms with Crippen LogP contribution in [-0.2, 0) is 0 Å². The van der Waals surface area contributed by atoms with Crippen LogP contribution < -0.4 is 16.0 Å². The predicted octanol–water partition coefficient (Wildman–Crippen LogP) is 2.32. The van der Waals surface area contributed by atoms with Crippen LogP contribution in [0.3, 0.4) is 0 Å². The van der Waals surface area contributed by atoms with Crippen LogP contribution in [0.2, 0.25) is 0 Å². The summed E-state index contributed by atoms with van der Waals surface area (Å²) in [5, 5.41) is 5.87. The molecule has 2 aliphatic heterocycles. The Kier molecular flexibility index (Phi) is 2.82. The smallest absolute Gasteiger partial charge is 0.136 e. The van der Waals surface area contributed by atoms with Crippen molar-refractivity contribution in [2.24, 2.45) is 5.41 Å². The maximum atomic E-state index is 6.18. The summed E-state index contributed by atoms with van der Waals surface area (Å²) in [5.41, 5.74) is 8.65. The lowest BCUT2D eigenvalue weighted by Crippen LogP contribution is -2.29. The number of pyridine rings is 1. The van der Waals surface area contributed by atoms with E-state index in [-0.39, 0.29) is 0 Å². The van der Waals surface area contributed by atoms with Crippen molar-refractivity contribution in [3.05, 3.63) is 30.0 Å². The summed E-state index contributed by atoms with van der Waals surface area (Å²) in [4.78, 5) is 7.19. The van der Waals surface area contributed by atoms with Gasteiger partial charge in [-0.3, -0.25) is 0 Å². The van der Waals surface area contributed by atoms with Crippen molar-refractivity contribution in [3.63, 3.8) is 0 Å². The minimum absolute atomic E-state index is 0.458. The van der Waals surface area contributed by atoms with Crippen molar-refractivity contribution in [2.45, 2.75) is 19.8 Å². The second-order valence-corrected chi connectivity index (χ2v) is 6.63. The van der Waals surface area contributed by atoms with E-state index in [0.717, 1.165) is 48.6 Å². The fraction of sp³-hybridized carbons (Fsp3) is 0.471. The monoisotopic (exact) mass is 282 g/mol. The summed E-state index contributed by atoms with van der Waals surface area (Å²) in [6, 6.07) is 6.16. The van der Waals surface area contributed by atoms with E-state index in [1.54, 1.807) is 0 Å². The Bertz CT molecular complexity index is 680. The summed E-state index contributed by atoms with van der Waals surface area (Å²) in [7, 11) is 0. The van der Waals surface area contributed by atoms with Crippen LogP contribution in [-0.4, -0.2) is 31.2 Å². The van der Waals surface area contributed by atoms with Crippen molar-refractivity contribution >= 4 is 22.3 Å². The second-order valence-electron chi connectivity index (χ2n) is 6.63. The molecule has 0 aliphatic carbocycles. The van der Waals surface area contributed by atoms with Crippen LogP contribution in [0.5, 0.6) is 0 Å². The number of nitrogens with zero attached hydrogens (tertiary/aromatic N) is 2. The zero-order valence-electron chi connectivity index (χ0n) is 12.5. The molecule has 0 saturated carbocycles. The van der Waals surface area contributed by atoms with E-state index in [4.69, 9.17) is 10.7 Å². The number of nitrogens with two attached hydrogens (primary N) is 1. The molecule has 2 aromatic rings. The first-order valence-electron chi connectivity index (χ1n) is 7.78. The Morgan fingerprint density at radius 2 is 2.24 bits per heavy atom. The zero-order valence-corrected chi connectivity index (χ0v) is 12.5. The van der Waals surface area contributed by atoms with Gasteiger partial charge in [-0.1, -0.05) is 12.1 Å². The Balaban J connectivity index is 1.78. The molecule has 1 atom stereocenters. The fourth-order valence-electron chi connectivity index (χ4n) is 4.00. The maximum Gasteiger partial charge on any atom is 0.136 e. The van der Waals surface area contributed by atoms with Crippen LogP contribution in [0.4, 0.5) is 11.5 Å². The third kappa shape index (κ3) is 1.97. The van der Waals surface area contributed by atoms with Crippen LogP contribution >= 0.6 is 0 Å². The number of fused-ring (bicyclic) bond motifs is 1. The fourth-order valence-corrected chi connectivity index (χ4v) is 4.00. The van der Waals surface area contributed by atoms with Gasteiger partial charge in [0.15, 0.2) is 0 Å². The molecular weight excluding hydrogens is 260 g/mol. The van der Waals surface area contributed by atoms with Gasteiger partial charge in [-0.25, -0.2) is 4.98 Å². The first-order chi connectivity index (χ1) is 10.2. The van der Waals surface area contributed by atoms with E-state index in [2.05, 4.69) is 23.2 Å². The number of aryl methyl sites for hydroxylation is 1. The Labute approximate surface area is 125 Å². The first kappa shape index (κ1) is 12.9. The molecule has 2 fully saturated rings. The molecule has 0 amide bonds. The summed E-state index contributed by atoms with van der Waals surface area (Å²) in [5.74, 6) is 1.10. The van der Waals surface area contributed by atoms with Gasteiger partial charge in [-0.2, -0.15) is 0 Å². The number of nitrogen functional groups attached to an aromatic ring is 1. The van der Waals surface area contributed by atoms with Crippen LogP contribution in [0, 0.1) is 12.3 Å². The molecule has 3 N–H and O–H groups in total. The molecule has 1 spiro atoms. The van der Waals surface area contributed by atoms with Gasteiger partial charge >= 0.3 is 0 Å². The van der Waals surface area contributed by atoms with Crippen molar-refractivity contribution in [2.75, 3.05) is 36.8 Å². The lowest BCUT2D eigenvalue weighted by atomic mass is 9.86. The van der Waals surface area contributed by atoms with Gasteiger partial charge in [-0.15, -0.1) is 0 Å². The van der Waals surface area contributed by atoms with E-state index in [1.165, 1.54) is 18.2 Å². The average Bonchev–Trinajstić information content (AvgIpc) is 3.10. The number of rotatable bonds is 1. The van der Waals surface area contributed by atoms with E-state index in [9.17, 15) is 0 Å². The zero-order chi connectivity index (χ0) is 14.4. The van der Waals surface area contributed by atoms with Crippen molar-refractivity contribution in [1.82, 2.24) is 10.3 Å². The second kappa shape index (κ2) is 4.60. The highest BCUT2D eigenvalue weighted by molar-refractivity contribution is 6.01. The van der Waals surface area contributed by atoms with E-state index in [1.807, 2.05) is 18.3 Å². The maximum absolute atomic E-state index is 6.18. The largest absolute Gasteiger partial charge is 0.398 e. The highest BCUT2D eigenvalue weighted by atomic mass is 15.2. The Morgan fingerprint density at radius 1 is 1.33 bits per heavy atom. The minimum atomic E-state index is 0.458. The van der Waals surface area contributed by atoms with E-state index in [0.29, 0.717) is 5.41 Å². The van der Waals surface area contributed by atoms with Gasteiger partial charge in [0.25, 0.3) is 0 Å². The lowest BCUT2D eigenvalue weighted by molar-refractivity contribution is 0.369. The summed E-state index contributed by atoms with van der Waals surface area (Å²) >= 11 is 0. The molecular formula is C17H22N4. The third-order valence-electron chi connectivity index (χ3n) is 5.18. The van der Waals surface area contributed by atoms with Gasteiger partial charge in [-0.05, 0) is 37.9 Å². The molecule has 4 rings (SSSR count). The number of hydrogen-bond acceptors (Lipinski definition) is 4. The topological polar surface area (TPSA) is 54.2 Å². The van der Waals surface area contributed by atoms with Crippen LogP contribution in [0.1, 0.15) is 18.4 Å². The van der Waals surface area contributed by atoms with Gasteiger partial charge < -0.3 is 16.0 Å². The number of anilines is 2. The molecule has 1 aromatic carbocycles. The van der Waals surface area contributed by atoms with E-state index >= 15 is 0 Å². The van der Waals surface area contributed by atoms with Gasteiger partial charge in [0.05, 0.1) is 0 Å². The van der Waals surface area contributed by atoms with Crippen LogP contribution in [0.25, 0.3) is 10.8 Å². The normalized spacial score (nSPS) is 25.3. The molecule has 2 aliphatic rings. The Hall–Kier alpha value is -1.81. The summed E-state index contributed by atoms with van der Waals surface area (Å²) in [6.07, 6.45) is 4.51. The molecule has 110 valence electrons. The summed E-state index contributed by atoms with van der Waals surface area (Å²) in [6.45, 7) is 6.60. The molecule has 2 saturated heterocycles. The van der Waals surface area contributed by atoms with Gasteiger partial charge in [0, 0.05) is 47.7 Å². The standard InChI is InChI=1S/C17H22N4/c1-12-9-20-16(13-3-2-4-14(18)15(12)13)21-8-6-17(11-21)5-7-19-10-17/h2-4,9,19H,5-8,10-11,18H2,1H3. The molecule has 21 heavy (non-hydrogen) atoms.